The van der Waals surface area contributed by atoms with E-state index in [-0.39, 0.29) is 5.91 Å². The van der Waals surface area contributed by atoms with Crippen molar-refractivity contribution < 1.29 is 19.0 Å². The molecule has 1 N–H and O–H groups in total. The fourth-order valence-corrected chi connectivity index (χ4v) is 3.62. The molecule has 2 heterocycles. The van der Waals surface area contributed by atoms with E-state index >= 15 is 0 Å². The maximum absolute atomic E-state index is 12.8. The summed E-state index contributed by atoms with van der Waals surface area (Å²) in [6, 6.07) is 13.9. The average molecular weight is 474 g/mol. The SMILES string of the molecule is COc1cccc(C(=O)Nc2ccc(Oc3cc(-n4nc(C)c(C)c4C)nc(C)n3)cc2)c1OC. The van der Waals surface area contributed by atoms with Crippen LogP contribution in [-0.4, -0.2) is 39.9 Å². The molecule has 0 spiro atoms. The Labute approximate surface area is 203 Å². The number of anilines is 1. The van der Waals surface area contributed by atoms with Crippen molar-refractivity contribution in [3.8, 4) is 28.9 Å². The number of nitrogens with zero attached hydrogens (tertiary/aromatic N) is 4. The summed E-state index contributed by atoms with van der Waals surface area (Å²) in [6.45, 7) is 7.81. The van der Waals surface area contributed by atoms with Crippen molar-refractivity contribution in [1.29, 1.82) is 0 Å². The van der Waals surface area contributed by atoms with Gasteiger partial charge < -0.3 is 19.5 Å². The zero-order valence-electron chi connectivity index (χ0n) is 20.5. The van der Waals surface area contributed by atoms with Crippen LogP contribution in [0.1, 0.15) is 33.1 Å². The minimum Gasteiger partial charge on any atom is -0.493 e. The number of rotatable bonds is 7. The highest BCUT2D eigenvalue weighted by molar-refractivity contribution is 6.06. The van der Waals surface area contributed by atoms with E-state index in [0.717, 1.165) is 17.0 Å². The number of carbonyl (C=O) groups is 1. The van der Waals surface area contributed by atoms with Crippen molar-refractivity contribution >= 4 is 11.6 Å². The highest BCUT2D eigenvalue weighted by Gasteiger charge is 2.17. The summed E-state index contributed by atoms with van der Waals surface area (Å²) in [5.41, 5.74) is 4.05. The fraction of sp³-hybridized carbons (Fsp3) is 0.231. The molecule has 2 aromatic heterocycles. The Hall–Kier alpha value is -4.40. The van der Waals surface area contributed by atoms with E-state index < -0.39 is 0 Å². The number of aromatic nitrogens is 4. The lowest BCUT2D eigenvalue weighted by atomic mass is 10.1. The summed E-state index contributed by atoms with van der Waals surface area (Å²) in [5, 5.41) is 7.43. The number of hydrogen-bond donors (Lipinski definition) is 1. The first-order valence-electron chi connectivity index (χ1n) is 11.0. The zero-order chi connectivity index (χ0) is 25.1. The number of para-hydroxylation sites is 1. The number of ether oxygens (including phenoxy) is 3. The molecule has 0 unspecified atom stereocenters. The van der Waals surface area contributed by atoms with Gasteiger partial charge >= 0.3 is 0 Å². The molecule has 35 heavy (non-hydrogen) atoms. The summed E-state index contributed by atoms with van der Waals surface area (Å²) < 4.78 is 18.4. The second-order valence-electron chi connectivity index (χ2n) is 7.94. The number of aryl methyl sites for hydroxylation is 2. The third-order valence-corrected chi connectivity index (χ3v) is 5.65. The molecule has 180 valence electrons. The molecule has 4 rings (SSSR count). The van der Waals surface area contributed by atoms with Crippen molar-refractivity contribution in [1.82, 2.24) is 19.7 Å². The quantitative estimate of drug-likeness (QED) is 0.405. The van der Waals surface area contributed by atoms with Gasteiger partial charge in [-0.2, -0.15) is 10.1 Å². The van der Waals surface area contributed by atoms with E-state index in [1.165, 1.54) is 14.2 Å². The topological polar surface area (TPSA) is 100 Å². The van der Waals surface area contributed by atoms with Crippen molar-refractivity contribution in [3.63, 3.8) is 0 Å². The van der Waals surface area contributed by atoms with Crippen molar-refractivity contribution in [2.45, 2.75) is 27.7 Å². The third-order valence-electron chi connectivity index (χ3n) is 5.65. The van der Waals surface area contributed by atoms with Gasteiger partial charge in [-0.3, -0.25) is 4.79 Å². The monoisotopic (exact) mass is 473 g/mol. The van der Waals surface area contributed by atoms with E-state index in [1.807, 2.05) is 20.8 Å². The van der Waals surface area contributed by atoms with E-state index in [9.17, 15) is 4.79 Å². The Morgan fingerprint density at radius 3 is 2.31 bits per heavy atom. The lowest BCUT2D eigenvalue weighted by Crippen LogP contribution is -2.13. The van der Waals surface area contributed by atoms with Gasteiger partial charge in [0.25, 0.3) is 5.91 Å². The Morgan fingerprint density at radius 2 is 1.69 bits per heavy atom. The minimum absolute atomic E-state index is 0.314. The lowest BCUT2D eigenvalue weighted by Gasteiger charge is -2.13. The zero-order valence-corrected chi connectivity index (χ0v) is 20.5. The molecule has 0 aliphatic heterocycles. The van der Waals surface area contributed by atoms with Gasteiger partial charge in [0, 0.05) is 17.4 Å². The summed E-state index contributed by atoms with van der Waals surface area (Å²) >= 11 is 0. The van der Waals surface area contributed by atoms with Gasteiger partial charge in [-0.15, -0.1) is 0 Å². The van der Waals surface area contributed by atoms with Gasteiger partial charge in [0.1, 0.15) is 11.6 Å². The second kappa shape index (κ2) is 9.84. The first kappa shape index (κ1) is 23.7. The fourth-order valence-electron chi connectivity index (χ4n) is 3.62. The molecule has 0 aliphatic carbocycles. The molecule has 2 aromatic carbocycles. The second-order valence-corrected chi connectivity index (χ2v) is 7.94. The molecule has 0 bridgehead atoms. The Kier molecular flexibility index (Phi) is 6.68. The van der Waals surface area contributed by atoms with Crippen LogP contribution in [0.5, 0.6) is 23.1 Å². The lowest BCUT2D eigenvalue weighted by molar-refractivity contribution is 0.102. The van der Waals surface area contributed by atoms with Gasteiger partial charge in [0.05, 0.1) is 25.5 Å². The molecule has 0 radical (unpaired) electrons. The smallest absolute Gasteiger partial charge is 0.259 e. The molecular weight excluding hydrogens is 446 g/mol. The van der Waals surface area contributed by atoms with Gasteiger partial charge in [-0.25, -0.2) is 9.67 Å². The van der Waals surface area contributed by atoms with Crippen LogP contribution in [0.2, 0.25) is 0 Å². The standard InChI is InChI=1S/C26H27N5O4/c1-15-16(2)30-31(17(15)3)23-14-24(28-18(4)27-23)35-20-12-10-19(11-13-20)29-26(32)21-8-7-9-22(33-5)25(21)34-6/h7-14H,1-6H3,(H,29,32). The predicted molar refractivity (Wildman–Crippen MR) is 132 cm³/mol. The summed E-state index contributed by atoms with van der Waals surface area (Å²) in [4.78, 5) is 21.7. The third kappa shape index (κ3) is 4.93. The van der Waals surface area contributed by atoms with Crippen molar-refractivity contribution in [2.75, 3.05) is 19.5 Å². The van der Waals surface area contributed by atoms with Crippen molar-refractivity contribution in [3.05, 3.63) is 76.9 Å². The van der Waals surface area contributed by atoms with Crippen LogP contribution in [0.3, 0.4) is 0 Å². The molecule has 4 aromatic rings. The normalized spacial score (nSPS) is 10.7. The highest BCUT2D eigenvalue weighted by Crippen LogP contribution is 2.31. The number of nitrogens with one attached hydrogen (secondary N) is 1. The molecule has 0 saturated carbocycles. The molecule has 0 saturated heterocycles. The number of carbonyl (C=O) groups excluding carboxylic acids is 1. The maximum Gasteiger partial charge on any atom is 0.259 e. The van der Waals surface area contributed by atoms with Gasteiger partial charge in [-0.1, -0.05) is 6.07 Å². The predicted octanol–water partition coefficient (Wildman–Crippen LogP) is 4.96. The minimum atomic E-state index is -0.314. The van der Waals surface area contributed by atoms with Crippen molar-refractivity contribution in [2.24, 2.45) is 0 Å². The summed E-state index contributed by atoms with van der Waals surface area (Å²) in [5.74, 6) is 2.72. The van der Waals surface area contributed by atoms with E-state index in [1.54, 1.807) is 60.1 Å². The highest BCUT2D eigenvalue weighted by atomic mass is 16.5. The number of hydrogen-bond acceptors (Lipinski definition) is 7. The van der Waals surface area contributed by atoms with Gasteiger partial charge in [-0.05, 0) is 69.7 Å². The average Bonchev–Trinajstić information content (AvgIpc) is 3.11. The van der Waals surface area contributed by atoms with E-state index in [2.05, 4.69) is 20.4 Å². The van der Waals surface area contributed by atoms with Crippen LogP contribution < -0.4 is 19.5 Å². The Bertz CT molecular complexity index is 1380. The summed E-state index contributed by atoms with van der Waals surface area (Å²) in [6.07, 6.45) is 0. The molecule has 1 amide bonds. The molecule has 9 nitrogen and oxygen atoms in total. The largest absolute Gasteiger partial charge is 0.493 e. The Balaban J connectivity index is 1.51. The molecule has 0 atom stereocenters. The van der Waals surface area contributed by atoms with Gasteiger partial charge in [0.15, 0.2) is 17.3 Å². The molecule has 0 fully saturated rings. The first-order valence-corrected chi connectivity index (χ1v) is 11.0. The van der Waals surface area contributed by atoms with E-state index in [0.29, 0.717) is 46.0 Å². The maximum atomic E-state index is 12.8. The van der Waals surface area contributed by atoms with E-state index in [4.69, 9.17) is 14.2 Å². The van der Waals surface area contributed by atoms with Crippen LogP contribution in [-0.2, 0) is 0 Å². The van der Waals surface area contributed by atoms with Crippen LogP contribution in [0.15, 0.2) is 48.5 Å². The van der Waals surface area contributed by atoms with Crippen LogP contribution in [0, 0.1) is 27.7 Å². The molecule has 0 aliphatic rings. The Morgan fingerprint density at radius 1 is 0.943 bits per heavy atom. The molecule has 9 heteroatoms. The summed E-state index contributed by atoms with van der Waals surface area (Å²) in [7, 11) is 3.02. The first-order chi connectivity index (χ1) is 16.8. The number of benzene rings is 2. The van der Waals surface area contributed by atoms with Gasteiger partial charge in [0.2, 0.25) is 5.88 Å². The van der Waals surface area contributed by atoms with Crippen LogP contribution >= 0.6 is 0 Å². The number of amides is 1. The van der Waals surface area contributed by atoms with Crippen LogP contribution in [0.25, 0.3) is 5.82 Å². The molecular formula is C26H27N5O4. The number of methoxy groups -OCH3 is 2. The van der Waals surface area contributed by atoms with Crippen LogP contribution in [0.4, 0.5) is 5.69 Å².